The Morgan fingerprint density at radius 1 is 1.08 bits per heavy atom. The van der Waals surface area contributed by atoms with Crippen molar-refractivity contribution in [3.63, 3.8) is 0 Å². The van der Waals surface area contributed by atoms with Crippen molar-refractivity contribution >= 4 is 34.4 Å². The molecule has 0 radical (unpaired) electrons. The quantitative estimate of drug-likeness (QED) is 0.378. The Kier molecular flexibility index (Phi) is 3.99. The third-order valence-electron chi connectivity index (χ3n) is 3.90. The molecule has 2 aromatic heterocycles. The predicted octanol–water partition coefficient (Wildman–Crippen LogP) is 3.58. The van der Waals surface area contributed by atoms with Crippen LogP contribution in [0.2, 0.25) is 0 Å². The second-order valence-corrected chi connectivity index (χ2v) is 6.60. The fraction of sp³-hybridized carbons (Fsp3) is 0.0556. The van der Waals surface area contributed by atoms with Crippen molar-refractivity contribution in [1.82, 2.24) is 20.2 Å². The van der Waals surface area contributed by atoms with Gasteiger partial charge in [0.05, 0.1) is 0 Å². The van der Waals surface area contributed by atoms with Gasteiger partial charge >= 0.3 is 0 Å². The maximum Gasteiger partial charge on any atom is 0.216 e. The minimum Gasteiger partial charge on any atom is -0.368 e. The van der Waals surface area contributed by atoms with Gasteiger partial charge in [-0.2, -0.15) is 4.98 Å². The Balaban J connectivity index is 1.75. The Bertz CT molecular complexity index is 1020. The van der Waals surface area contributed by atoms with E-state index in [-0.39, 0.29) is 11.7 Å². The third-order valence-corrected chi connectivity index (χ3v) is 5.02. The first kappa shape index (κ1) is 15.5. The summed E-state index contributed by atoms with van der Waals surface area (Å²) in [6.07, 6.45) is 1.76. The fourth-order valence-electron chi connectivity index (χ4n) is 2.73. The van der Waals surface area contributed by atoms with Crippen molar-refractivity contribution in [2.75, 3.05) is 5.73 Å². The van der Waals surface area contributed by atoms with E-state index in [9.17, 15) is 4.79 Å². The van der Waals surface area contributed by atoms with Gasteiger partial charge in [0.2, 0.25) is 11.1 Å². The number of aromatic nitrogens is 4. The molecular formula is C18H15N5OS. The number of benzene rings is 2. The number of hydrogen-bond donors (Lipinski definition) is 3. The largest absolute Gasteiger partial charge is 0.368 e. The van der Waals surface area contributed by atoms with Crippen LogP contribution in [0.15, 0.2) is 66.0 Å². The second kappa shape index (κ2) is 6.45. The topological polar surface area (TPSA) is 100 Å². The van der Waals surface area contributed by atoms with E-state index in [2.05, 4.69) is 20.2 Å². The number of fused-ring (bicyclic) bond motifs is 1. The Hall–Kier alpha value is -3.06. The molecule has 1 unspecified atom stereocenters. The number of carbonyl (C=O) groups is 1. The lowest BCUT2D eigenvalue weighted by molar-refractivity contribution is 0.0991. The highest BCUT2D eigenvalue weighted by atomic mass is 32.2. The summed E-state index contributed by atoms with van der Waals surface area (Å²) in [5, 5.41) is 7.54. The highest BCUT2D eigenvalue weighted by Gasteiger charge is 2.26. The molecule has 0 spiro atoms. The van der Waals surface area contributed by atoms with E-state index in [4.69, 9.17) is 5.73 Å². The normalized spacial score (nSPS) is 12.3. The van der Waals surface area contributed by atoms with Gasteiger partial charge in [0.1, 0.15) is 5.25 Å². The number of nitrogens with two attached hydrogens (primary N) is 1. The van der Waals surface area contributed by atoms with Crippen LogP contribution in [0.4, 0.5) is 5.95 Å². The minimum absolute atomic E-state index is 0.00276. The third kappa shape index (κ3) is 3.01. The first-order valence-electron chi connectivity index (χ1n) is 7.72. The molecule has 0 amide bonds. The Morgan fingerprint density at radius 2 is 1.84 bits per heavy atom. The summed E-state index contributed by atoms with van der Waals surface area (Å²) in [4.78, 5) is 20.6. The first-order chi connectivity index (χ1) is 12.2. The van der Waals surface area contributed by atoms with Crippen LogP contribution in [0, 0.1) is 0 Å². The maximum atomic E-state index is 13.3. The summed E-state index contributed by atoms with van der Waals surface area (Å²) in [5.41, 5.74) is 8.09. The average Bonchev–Trinajstić information content (AvgIpc) is 3.26. The number of nitrogen functional groups attached to an aromatic ring is 1. The number of Topliss-reactive ketones (excluding diaryl/α,β-unsaturated/α-hetero) is 1. The van der Waals surface area contributed by atoms with Gasteiger partial charge in [-0.25, -0.2) is 5.10 Å². The SMILES string of the molecule is Nc1nc(SC(C(=O)c2c[nH]c3ccccc23)c2ccccc2)n[nH]1. The van der Waals surface area contributed by atoms with Crippen LogP contribution in [-0.2, 0) is 0 Å². The molecule has 7 heteroatoms. The van der Waals surface area contributed by atoms with Crippen molar-refractivity contribution in [3.8, 4) is 0 Å². The number of nitrogens with one attached hydrogen (secondary N) is 2. The molecule has 4 N–H and O–H groups in total. The zero-order chi connectivity index (χ0) is 17.2. The summed E-state index contributed by atoms with van der Waals surface area (Å²) < 4.78 is 0. The zero-order valence-corrected chi connectivity index (χ0v) is 14.0. The molecule has 0 aliphatic heterocycles. The predicted molar refractivity (Wildman–Crippen MR) is 98.5 cm³/mol. The summed E-state index contributed by atoms with van der Waals surface area (Å²) in [7, 11) is 0. The summed E-state index contributed by atoms with van der Waals surface area (Å²) in [6.45, 7) is 0. The Morgan fingerprint density at radius 3 is 2.60 bits per heavy atom. The molecule has 0 aliphatic carbocycles. The van der Waals surface area contributed by atoms with Gasteiger partial charge in [-0.15, -0.1) is 5.10 Å². The number of ketones is 1. The number of thioether (sulfide) groups is 1. The molecule has 0 fully saturated rings. The Labute approximate surface area is 147 Å². The molecule has 4 aromatic rings. The van der Waals surface area contributed by atoms with Crippen LogP contribution >= 0.6 is 11.8 Å². The van der Waals surface area contributed by atoms with Crippen molar-refractivity contribution in [3.05, 3.63) is 71.9 Å². The lowest BCUT2D eigenvalue weighted by Gasteiger charge is -2.13. The maximum absolute atomic E-state index is 13.3. The van der Waals surface area contributed by atoms with Crippen LogP contribution < -0.4 is 5.73 Å². The molecular weight excluding hydrogens is 334 g/mol. The van der Waals surface area contributed by atoms with Crippen LogP contribution in [0.3, 0.4) is 0 Å². The number of H-pyrrole nitrogens is 2. The molecule has 1 atom stereocenters. The van der Waals surface area contributed by atoms with E-state index in [1.807, 2.05) is 54.6 Å². The van der Waals surface area contributed by atoms with Crippen LogP contribution in [-0.4, -0.2) is 25.9 Å². The van der Waals surface area contributed by atoms with Gasteiger partial charge in [-0.05, 0) is 11.6 Å². The van der Waals surface area contributed by atoms with Gasteiger partial charge in [-0.1, -0.05) is 60.3 Å². The average molecular weight is 349 g/mol. The zero-order valence-electron chi connectivity index (χ0n) is 13.1. The molecule has 4 rings (SSSR count). The summed E-state index contributed by atoms with van der Waals surface area (Å²) in [5.74, 6) is 0.228. The number of anilines is 1. The summed E-state index contributed by atoms with van der Waals surface area (Å²) >= 11 is 1.28. The standard InChI is InChI=1S/C18H15N5OS/c19-17-21-18(23-22-17)25-16(11-6-2-1-3-7-11)15(24)13-10-20-14-9-5-4-8-12(13)14/h1-10,16,20H,(H3,19,21,22,23). The molecule has 0 saturated carbocycles. The van der Waals surface area contributed by atoms with E-state index in [0.29, 0.717) is 10.7 Å². The van der Waals surface area contributed by atoms with Crippen LogP contribution in [0.5, 0.6) is 0 Å². The van der Waals surface area contributed by atoms with E-state index >= 15 is 0 Å². The molecule has 25 heavy (non-hydrogen) atoms. The summed E-state index contributed by atoms with van der Waals surface area (Å²) in [6, 6.07) is 17.4. The van der Waals surface area contributed by atoms with E-state index in [0.717, 1.165) is 16.5 Å². The van der Waals surface area contributed by atoms with E-state index in [1.54, 1.807) is 6.20 Å². The number of rotatable bonds is 5. The van der Waals surface area contributed by atoms with Crippen LogP contribution in [0.1, 0.15) is 21.2 Å². The highest BCUT2D eigenvalue weighted by molar-refractivity contribution is 8.00. The molecule has 0 aliphatic rings. The van der Waals surface area contributed by atoms with Crippen molar-refractivity contribution < 1.29 is 4.79 Å². The van der Waals surface area contributed by atoms with Gasteiger partial charge in [0.15, 0.2) is 5.78 Å². The lowest BCUT2D eigenvalue weighted by Crippen LogP contribution is -2.10. The molecule has 0 saturated heterocycles. The number of hydrogen-bond acceptors (Lipinski definition) is 5. The van der Waals surface area contributed by atoms with Crippen molar-refractivity contribution in [1.29, 1.82) is 0 Å². The molecule has 2 heterocycles. The minimum atomic E-state index is -0.462. The van der Waals surface area contributed by atoms with Crippen molar-refractivity contribution in [2.24, 2.45) is 0 Å². The number of carbonyl (C=O) groups excluding carboxylic acids is 1. The molecule has 2 aromatic carbocycles. The fourth-order valence-corrected chi connectivity index (χ4v) is 3.72. The van der Waals surface area contributed by atoms with Gasteiger partial charge in [-0.3, -0.25) is 4.79 Å². The van der Waals surface area contributed by atoms with Crippen molar-refractivity contribution in [2.45, 2.75) is 10.4 Å². The first-order valence-corrected chi connectivity index (χ1v) is 8.60. The smallest absolute Gasteiger partial charge is 0.216 e. The van der Waals surface area contributed by atoms with Gasteiger partial charge in [0.25, 0.3) is 0 Å². The number of nitrogens with zero attached hydrogens (tertiary/aromatic N) is 2. The number of aromatic amines is 2. The van der Waals surface area contributed by atoms with E-state index < -0.39 is 5.25 Å². The lowest BCUT2D eigenvalue weighted by atomic mass is 10.0. The second-order valence-electron chi connectivity index (χ2n) is 5.52. The van der Waals surface area contributed by atoms with E-state index in [1.165, 1.54) is 11.8 Å². The van der Waals surface area contributed by atoms with Gasteiger partial charge in [0, 0.05) is 22.7 Å². The monoisotopic (exact) mass is 349 g/mol. The number of para-hydroxylation sites is 1. The van der Waals surface area contributed by atoms with Crippen LogP contribution in [0.25, 0.3) is 10.9 Å². The molecule has 0 bridgehead atoms. The highest BCUT2D eigenvalue weighted by Crippen LogP contribution is 2.37. The molecule has 124 valence electrons. The molecule has 6 nitrogen and oxygen atoms in total. The van der Waals surface area contributed by atoms with Gasteiger partial charge < -0.3 is 10.7 Å².